The van der Waals surface area contributed by atoms with Crippen molar-refractivity contribution >= 4 is 16.8 Å². The average molecular weight is 407 g/mol. The summed E-state index contributed by atoms with van der Waals surface area (Å²) in [6.45, 7) is 1.55. The summed E-state index contributed by atoms with van der Waals surface area (Å²) in [5.74, 6) is -0.969. The molecular formula is C21H18FN5O3. The summed E-state index contributed by atoms with van der Waals surface area (Å²) in [7, 11) is 0. The third kappa shape index (κ3) is 3.52. The van der Waals surface area contributed by atoms with Gasteiger partial charge in [-0.05, 0) is 31.2 Å². The average Bonchev–Trinajstić information content (AvgIpc) is 3.06. The standard InChI is InChI=1S/C21H18FN5O3/c1-13-20-16(25-27(21(20)30)17-8-3-2-7-15(17)22)10-19(29)26(13)12-18(28)24-11-14-6-4-5-9-23-14/h2-10,25H,11-12H2,1H3,(H,24,28). The molecule has 8 nitrogen and oxygen atoms in total. The molecule has 3 heterocycles. The molecule has 0 aliphatic heterocycles. The van der Waals surface area contributed by atoms with E-state index in [2.05, 4.69) is 15.4 Å². The molecule has 4 rings (SSSR count). The number of carbonyl (C=O) groups is 1. The Morgan fingerprint density at radius 2 is 1.93 bits per heavy atom. The molecule has 1 amide bonds. The second kappa shape index (κ2) is 7.78. The number of amides is 1. The van der Waals surface area contributed by atoms with E-state index in [-0.39, 0.29) is 29.7 Å². The van der Waals surface area contributed by atoms with Crippen LogP contribution in [0.4, 0.5) is 4.39 Å². The number of nitrogens with zero attached hydrogens (tertiary/aromatic N) is 3. The molecule has 0 atom stereocenters. The van der Waals surface area contributed by atoms with Gasteiger partial charge in [0.15, 0.2) is 0 Å². The molecular weight excluding hydrogens is 389 g/mol. The van der Waals surface area contributed by atoms with Crippen molar-refractivity contribution in [2.75, 3.05) is 0 Å². The third-order valence-electron chi connectivity index (χ3n) is 4.81. The second-order valence-corrected chi connectivity index (χ2v) is 6.74. The van der Waals surface area contributed by atoms with Crippen LogP contribution in [-0.4, -0.2) is 25.2 Å². The Labute approximate surface area is 169 Å². The summed E-state index contributed by atoms with van der Waals surface area (Å²) < 4.78 is 16.4. The van der Waals surface area contributed by atoms with Crippen molar-refractivity contribution in [3.8, 4) is 5.69 Å². The molecule has 3 aromatic heterocycles. The summed E-state index contributed by atoms with van der Waals surface area (Å²) in [6, 6.07) is 12.4. The fourth-order valence-corrected chi connectivity index (χ4v) is 3.30. The smallest absolute Gasteiger partial charge is 0.280 e. The number of carbonyl (C=O) groups excluding carboxylic acids is 1. The van der Waals surface area contributed by atoms with Gasteiger partial charge in [0.1, 0.15) is 18.0 Å². The molecule has 0 fully saturated rings. The molecule has 0 aliphatic carbocycles. The van der Waals surface area contributed by atoms with Gasteiger partial charge >= 0.3 is 0 Å². The molecule has 0 saturated heterocycles. The number of nitrogens with one attached hydrogen (secondary N) is 2. The topological polar surface area (TPSA) is 102 Å². The Morgan fingerprint density at radius 1 is 1.17 bits per heavy atom. The van der Waals surface area contributed by atoms with Crippen molar-refractivity contribution in [1.82, 2.24) is 24.6 Å². The Hall–Kier alpha value is -4.01. The highest BCUT2D eigenvalue weighted by molar-refractivity contribution is 5.82. The number of pyridine rings is 2. The van der Waals surface area contributed by atoms with E-state index in [4.69, 9.17) is 0 Å². The van der Waals surface area contributed by atoms with E-state index in [0.29, 0.717) is 11.4 Å². The Balaban J connectivity index is 1.67. The zero-order chi connectivity index (χ0) is 21.3. The number of halogens is 1. The zero-order valence-corrected chi connectivity index (χ0v) is 16.1. The summed E-state index contributed by atoms with van der Waals surface area (Å²) in [6.07, 6.45) is 1.62. The van der Waals surface area contributed by atoms with Gasteiger partial charge in [-0.2, -0.15) is 0 Å². The van der Waals surface area contributed by atoms with Gasteiger partial charge in [0, 0.05) is 18.0 Å². The Kier molecular flexibility index (Phi) is 5.01. The highest BCUT2D eigenvalue weighted by Gasteiger charge is 2.18. The number of rotatable bonds is 5. The SMILES string of the molecule is Cc1c2c(=O)n(-c3ccccc3F)[nH]c2cc(=O)n1CC(=O)NCc1ccccn1. The number of para-hydroxylation sites is 1. The minimum Gasteiger partial charge on any atom is -0.349 e. The first-order valence-electron chi connectivity index (χ1n) is 9.22. The number of fused-ring (bicyclic) bond motifs is 1. The first-order chi connectivity index (χ1) is 14.5. The van der Waals surface area contributed by atoms with Gasteiger partial charge in [-0.3, -0.25) is 24.5 Å². The molecule has 2 N–H and O–H groups in total. The van der Waals surface area contributed by atoms with Gasteiger partial charge in [-0.25, -0.2) is 9.07 Å². The third-order valence-corrected chi connectivity index (χ3v) is 4.81. The second-order valence-electron chi connectivity index (χ2n) is 6.74. The van der Waals surface area contributed by atoms with Crippen LogP contribution in [0.2, 0.25) is 0 Å². The Bertz CT molecular complexity index is 1350. The first kappa shape index (κ1) is 19.3. The maximum Gasteiger partial charge on any atom is 0.280 e. The molecule has 152 valence electrons. The molecule has 0 aliphatic rings. The van der Waals surface area contributed by atoms with Crippen LogP contribution >= 0.6 is 0 Å². The number of benzene rings is 1. The largest absolute Gasteiger partial charge is 0.349 e. The van der Waals surface area contributed by atoms with Crippen molar-refractivity contribution < 1.29 is 9.18 Å². The van der Waals surface area contributed by atoms with Crippen LogP contribution in [0.3, 0.4) is 0 Å². The lowest BCUT2D eigenvalue weighted by atomic mass is 10.2. The lowest BCUT2D eigenvalue weighted by Crippen LogP contribution is -2.33. The van der Waals surface area contributed by atoms with Crippen LogP contribution < -0.4 is 16.4 Å². The van der Waals surface area contributed by atoms with E-state index < -0.39 is 22.8 Å². The summed E-state index contributed by atoms with van der Waals surface area (Å²) >= 11 is 0. The van der Waals surface area contributed by atoms with E-state index in [1.807, 2.05) is 6.07 Å². The number of hydrogen-bond donors (Lipinski definition) is 2. The lowest BCUT2D eigenvalue weighted by molar-refractivity contribution is -0.121. The van der Waals surface area contributed by atoms with Crippen LogP contribution in [0.5, 0.6) is 0 Å². The normalized spacial score (nSPS) is 11.0. The number of hydrogen-bond acceptors (Lipinski definition) is 4. The van der Waals surface area contributed by atoms with E-state index in [1.54, 1.807) is 31.3 Å². The first-order valence-corrected chi connectivity index (χ1v) is 9.22. The molecule has 0 bridgehead atoms. The monoisotopic (exact) mass is 407 g/mol. The predicted octanol–water partition coefficient (Wildman–Crippen LogP) is 1.64. The highest BCUT2D eigenvalue weighted by Crippen LogP contribution is 2.15. The molecule has 1 aromatic carbocycles. The fraction of sp³-hybridized carbons (Fsp3) is 0.143. The maximum atomic E-state index is 14.1. The van der Waals surface area contributed by atoms with E-state index >= 15 is 0 Å². The molecule has 30 heavy (non-hydrogen) atoms. The van der Waals surface area contributed by atoms with Crippen LogP contribution in [0.15, 0.2) is 64.3 Å². The zero-order valence-electron chi connectivity index (χ0n) is 16.1. The van der Waals surface area contributed by atoms with Gasteiger partial charge < -0.3 is 9.88 Å². The van der Waals surface area contributed by atoms with Crippen LogP contribution in [-0.2, 0) is 17.9 Å². The predicted molar refractivity (Wildman–Crippen MR) is 109 cm³/mol. The van der Waals surface area contributed by atoms with Gasteiger partial charge in [-0.1, -0.05) is 18.2 Å². The van der Waals surface area contributed by atoms with Crippen LogP contribution in [0.25, 0.3) is 16.6 Å². The van der Waals surface area contributed by atoms with E-state index in [9.17, 15) is 18.8 Å². The molecule has 0 saturated carbocycles. The molecule has 0 spiro atoms. The number of aryl methyl sites for hydroxylation is 1. The number of aromatic amines is 1. The molecule has 4 aromatic rings. The molecule has 9 heteroatoms. The van der Waals surface area contributed by atoms with Crippen molar-refractivity contribution in [3.63, 3.8) is 0 Å². The van der Waals surface area contributed by atoms with Gasteiger partial charge in [0.25, 0.3) is 11.1 Å². The highest BCUT2D eigenvalue weighted by atomic mass is 19.1. The minimum absolute atomic E-state index is 0.0465. The van der Waals surface area contributed by atoms with Crippen LogP contribution in [0, 0.1) is 12.7 Å². The van der Waals surface area contributed by atoms with Gasteiger partial charge in [0.2, 0.25) is 5.91 Å². The quantitative estimate of drug-likeness (QED) is 0.525. The van der Waals surface area contributed by atoms with Crippen LogP contribution in [0.1, 0.15) is 11.4 Å². The number of aromatic nitrogens is 4. The van der Waals surface area contributed by atoms with Crippen molar-refractivity contribution in [1.29, 1.82) is 0 Å². The summed E-state index contributed by atoms with van der Waals surface area (Å²) in [4.78, 5) is 41.9. The van der Waals surface area contributed by atoms with Crippen molar-refractivity contribution in [3.05, 3.63) is 92.6 Å². The Morgan fingerprint density at radius 3 is 2.67 bits per heavy atom. The van der Waals surface area contributed by atoms with Gasteiger partial charge in [-0.15, -0.1) is 0 Å². The molecule has 0 unspecified atom stereocenters. The lowest BCUT2D eigenvalue weighted by Gasteiger charge is -2.10. The maximum absolute atomic E-state index is 14.1. The fourth-order valence-electron chi connectivity index (χ4n) is 3.30. The van der Waals surface area contributed by atoms with Gasteiger partial charge in [0.05, 0.1) is 23.1 Å². The number of H-pyrrole nitrogens is 1. The minimum atomic E-state index is -0.576. The molecule has 0 radical (unpaired) electrons. The summed E-state index contributed by atoms with van der Waals surface area (Å²) in [5.41, 5.74) is 0.372. The summed E-state index contributed by atoms with van der Waals surface area (Å²) in [5, 5.41) is 5.69. The van der Waals surface area contributed by atoms with Crippen molar-refractivity contribution in [2.24, 2.45) is 0 Å². The van der Waals surface area contributed by atoms with Crippen molar-refractivity contribution in [2.45, 2.75) is 20.0 Å². The van der Waals surface area contributed by atoms with E-state index in [0.717, 1.165) is 4.68 Å². The van der Waals surface area contributed by atoms with E-state index in [1.165, 1.54) is 28.8 Å².